The van der Waals surface area contributed by atoms with Gasteiger partial charge in [-0.1, -0.05) is 11.6 Å². The summed E-state index contributed by atoms with van der Waals surface area (Å²) in [5.41, 5.74) is 0.0908. The molecule has 2 atom stereocenters. The van der Waals surface area contributed by atoms with E-state index in [2.05, 4.69) is 15.4 Å². The Morgan fingerprint density at radius 2 is 2.11 bits per heavy atom. The van der Waals surface area contributed by atoms with E-state index >= 15 is 0 Å². The Hall–Kier alpha value is -1.68. The van der Waals surface area contributed by atoms with Crippen molar-refractivity contribution < 1.29 is 22.7 Å². The fraction of sp³-hybridized carbons (Fsp3) is 0.529. The molecule has 0 spiro atoms. The zero-order chi connectivity index (χ0) is 20.0. The zero-order valence-corrected chi connectivity index (χ0v) is 16.8. The number of carbonyl (C=O) groups is 2. The number of halogens is 1. The Morgan fingerprint density at radius 3 is 2.74 bits per heavy atom. The van der Waals surface area contributed by atoms with E-state index in [1.807, 2.05) is 0 Å². The summed E-state index contributed by atoms with van der Waals surface area (Å²) in [7, 11) is -3.91. The van der Waals surface area contributed by atoms with Crippen molar-refractivity contribution in [2.24, 2.45) is 0 Å². The van der Waals surface area contributed by atoms with Gasteiger partial charge in [0.25, 0.3) is 5.91 Å². The second-order valence-corrected chi connectivity index (χ2v) is 8.36. The quantitative estimate of drug-likeness (QED) is 0.585. The van der Waals surface area contributed by atoms with Crippen LogP contribution in [0.1, 0.15) is 37.0 Å². The maximum absolute atomic E-state index is 12.6. The first-order chi connectivity index (χ1) is 12.7. The van der Waals surface area contributed by atoms with E-state index in [4.69, 9.17) is 16.3 Å². The van der Waals surface area contributed by atoms with Gasteiger partial charge in [-0.05, 0) is 44.9 Å². The third-order valence-electron chi connectivity index (χ3n) is 4.10. The lowest BCUT2D eigenvalue weighted by Gasteiger charge is -2.15. The maximum Gasteiger partial charge on any atom is 0.251 e. The molecule has 0 bridgehead atoms. The summed E-state index contributed by atoms with van der Waals surface area (Å²) in [6, 6.07) is 3.18. The molecular weight excluding hydrogens is 394 g/mol. The molecule has 1 aromatic carbocycles. The average molecular weight is 418 g/mol. The lowest BCUT2D eigenvalue weighted by molar-refractivity contribution is -0.122. The van der Waals surface area contributed by atoms with Crippen molar-refractivity contribution in [3.8, 4) is 0 Å². The van der Waals surface area contributed by atoms with Gasteiger partial charge in [-0.15, -0.1) is 0 Å². The summed E-state index contributed by atoms with van der Waals surface area (Å²) < 4.78 is 33.0. The summed E-state index contributed by atoms with van der Waals surface area (Å²) in [5.74, 6) is -0.896. The Kier molecular flexibility index (Phi) is 7.60. The van der Waals surface area contributed by atoms with Crippen LogP contribution in [-0.2, 0) is 19.6 Å². The first-order valence-corrected chi connectivity index (χ1v) is 10.6. The minimum atomic E-state index is -3.91. The van der Waals surface area contributed by atoms with Crippen molar-refractivity contribution >= 4 is 33.4 Å². The van der Waals surface area contributed by atoms with Crippen molar-refractivity contribution in [2.45, 2.75) is 43.7 Å². The van der Waals surface area contributed by atoms with E-state index in [1.165, 1.54) is 18.2 Å². The Morgan fingerprint density at radius 1 is 1.37 bits per heavy atom. The number of rotatable bonds is 8. The Bertz CT molecular complexity index is 794. The van der Waals surface area contributed by atoms with Gasteiger partial charge in [0, 0.05) is 25.3 Å². The molecule has 0 aliphatic carbocycles. The van der Waals surface area contributed by atoms with E-state index in [9.17, 15) is 18.0 Å². The van der Waals surface area contributed by atoms with Crippen LogP contribution in [0.25, 0.3) is 0 Å². The van der Waals surface area contributed by atoms with Crippen LogP contribution in [0.5, 0.6) is 0 Å². The summed E-state index contributed by atoms with van der Waals surface area (Å²) in [6.45, 7) is 4.51. The highest BCUT2D eigenvalue weighted by atomic mass is 35.5. The summed E-state index contributed by atoms with van der Waals surface area (Å²) in [6.07, 6.45) is 1.52. The van der Waals surface area contributed by atoms with Crippen LogP contribution in [0.15, 0.2) is 23.1 Å². The summed E-state index contributed by atoms with van der Waals surface area (Å²) in [5, 5.41) is 5.13. The molecule has 1 fully saturated rings. The van der Waals surface area contributed by atoms with Crippen LogP contribution in [-0.4, -0.2) is 52.1 Å². The molecule has 0 aromatic heterocycles. The number of benzene rings is 1. The van der Waals surface area contributed by atoms with E-state index in [1.54, 1.807) is 13.8 Å². The molecule has 0 unspecified atom stereocenters. The molecule has 150 valence electrons. The topological polar surface area (TPSA) is 114 Å². The van der Waals surface area contributed by atoms with E-state index in [0.29, 0.717) is 13.2 Å². The molecule has 2 rings (SSSR count). The molecular formula is C17H24ClN3O5S. The molecule has 1 saturated heterocycles. The van der Waals surface area contributed by atoms with Crippen molar-refractivity contribution in [2.75, 3.05) is 19.7 Å². The predicted octanol–water partition coefficient (Wildman–Crippen LogP) is 1.05. The fourth-order valence-corrected chi connectivity index (χ4v) is 4.20. The van der Waals surface area contributed by atoms with Gasteiger partial charge >= 0.3 is 0 Å². The first kappa shape index (κ1) is 21.6. The van der Waals surface area contributed by atoms with Crippen LogP contribution in [0.3, 0.4) is 0 Å². The van der Waals surface area contributed by atoms with Gasteiger partial charge < -0.3 is 15.4 Å². The largest absolute Gasteiger partial charge is 0.377 e. The Balaban J connectivity index is 2.12. The van der Waals surface area contributed by atoms with Crippen LogP contribution < -0.4 is 15.4 Å². The van der Waals surface area contributed by atoms with Gasteiger partial charge in [-0.3, -0.25) is 9.59 Å². The van der Waals surface area contributed by atoms with E-state index < -0.39 is 22.0 Å². The molecule has 27 heavy (non-hydrogen) atoms. The smallest absolute Gasteiger partial charge is 0.251 e. The average Bonchev–Trinajstić information content (AvgIpc) is 3.14. The molecule has 1 aromatic rings. The third kappa shape index (κ3) is 5.90. The minimum Gasteiger partial charge on any atom is -0.377 e. The monoisotopic (exact) mass is 417 g/mol. The van der Waals surface area contributed by atoms with Crippen molar-refractivity contribution in [1.29, 1.82) is 0 Å². The van der Waals surface area contributed by atoms with Crippen molar-refractivity contribution in [3.63, 3.8) is 0 Å². The molecule has 0 radical (unpaired) electrons. The standard InChI is InChI=1S/C17H24ClN3O5S/c1-3-19-16(22)11(2)21-17(23)12-6-7-14(18)15(9-12)27(24,25)20-10-13-5-4-8-26-13/h6-7,9,11,13,20H,3-5,8,10H2,1-2H3,(H,19,22)(H,21,23)/t11-,13+/m0/s1. The van der Waals surface area contributed by atoms with Gasteiger partial charge in [-0.2, -0.15) is 0 Å². The fourth-order valence-electron chi connectivity index (χ4n) is 2.61. The Labute approximate surface area is 164 Å². The van der Waals surface area contributed by atoms with E-state index in [-0.39, 0.29) is 34.0 Å². The molecule has 1 aliphatic heterocycles. The number of carbonyl (C=O) groups excluding carboxylic acids is 2. The lowest BCUT2D eigenvalue weighted by atomic mass is 10.2. The van der Waals surface area contributed by atoms with Crippen LogP contribution >= 0.6 is 11.6 Å². The molecule has 2 amide bonds. The summed E-state index contributed by atoms with van der Waals surface area (Å²) >= 11 is 6.03. The second kappa shape index (κ2) is 9.50. The molecule has 1 aliphatic rings. The number of likely N-dealkylation sites (N-methyl/N-ethyl adjacent to an activating group) is 1. The number of ether oxygens (including phenoxy) is 1. The van der Waals surface area contributed by atoms with Gasteiger partial charge in [-0.25, -0.2) is 13.1 Å². The molecule has 8 nitrogen and oxygen atoms in total. The highest BCUT2D eigenvalue weighted by Crippen LogP contribution is 2.23. The van der Waals surface area contributed by atoms with Crippen molar-refractivity contribution in [1.82, 2.24) is 15.4 Å². The third-order valence-corrected chi connectivity index (χ3v) is 6.00. The van der Waals surface area contributed by atoms with Crippen LogP contribution in [0.4, 0.5) is 0 Å². The number of nitrogens with one attached hydrogen (secondary N) is 3. The molecule has 1 heterocycles. The number of hydrogen-bond donors (Lipinski definition) is 3. The number of hydrogen-bond acceptors (Lipinski definition) is 5. The molecule has 3 N–H and O–H groups in total. The number of sulfonamides is 1. The van der Waals surface area contributed by atoms with Gasteiger partial charge in [0.15, 0.2) is 0 Å². The van der Waals surface area contributed by atoms with Gasteiger partial charge in [0.1, 0.15) is 10.9 Å². The van der Waals surface area contributed by atoms with Gasteiger partial charge in [0.2, 0.25) is 15.9 Å². The van der Waals surface area contributed by atoms with Crippen LogP contribution in [0.2, 0.25) is 5.02 Å². The highest BCUT2D eigenvalue weighted by Gasteiger charge is 2.24. The zero-order valence-electron chi connectivity index (χ0n) is 15.2. The maximum atomic E-state index is 12.6. The first-order valence-electron chi connectivity index (χ1n) is 8.74. The molecule has 10 heteroatoms. The minimum absolute atomic E-state index is 0.00293. The lowest BCUT2D eigenvalue weighted by Crippen LogP contribution is -2.44. The van der Waals surface area contributed by atoms with E-state index in [0.717, 1.165) is 12.8 Å². The second-order valence-electron chi connectivity index (χ2n) is 6.22. The highest BCUT2D eigenvalue weighted by molar-refractivity contribution is 7.89. The normalized spacial score (nSPS) is 18.1. The van der Waals surface area contributed by atoms with Crippen molar-refractivity contribution in [3.05, 3.63) is 28.8 Å². The van der Waals surface area contributed by atoms with Crippen LogP contribution in [0, 0.1) is 0 Å². The number of amides is 2. The molecule has 0 saturated carbocycles. The summed E-state index contributed by atoms with van der Waals surface area (Å²) in [4.78, 5) is 23.9. The predicted molar refractivity (Wildman–Crippen MR) is 101 cm³/mol. The van der Waals surface area contributed by atoms with Gasteiger partial charge in [0.05, 0.1) is 11.1 Å². The SMILES string of the molecule is CCNC(=O)[C@H](C)NC(=O)c1ccc(Cl)c(S(=O)(=O)NC[C@H]2CCCO2)c1.